The summed E-state index contributed by atoms with van der Waals surface area (Å²) in [6.45, 7) is -2.72. The Hall–Kier alpha value is -1.99. The number of aliphatic hydroxyl groups is 2. The number of alkyl halides is 1. The summed E-state index contributed by atoms with van der Waals surface area (Å²) in [4.78, 5) is 25.4. The summed E-state index contributed by atoms with van der Waals surface area (Å²) in [6, 6.07) is 1.06. The molecular weight excluding hydrogens is 297 g/mol. The number of aromatic nitrogens is 2. The lowest BCUT2D eigenvalue weighted by Gasteiger charge is -2.28. The van der Waals surface area contributed by atoms with Crippen LogP contribution in [0.25, 0.3) is 0 Å². The van der Waals surface area contributed by atoms with Crippen LogP contribution in [-0.4, -0.2) is 50.7 Å². The Balaban J connectivity index is 2.66. The second-order valence-electron chi connectivity index (χ2n) is 4.80. The van der Waals surface area contributed by atoms with Crippen LogP contribution in [0.15, 0.2) is 15.7 Å². The molecular formula is C13H16FN3O5. The first kappa shape index (κ1) is 13.7. The number of nitrogens with one attached hydrogen (secondary N) is 1. The highest BCUT2D eigenvalue weighted by molar-refractivity contribution is 5.26. The zero-order chi connectivity index (χ0) is 18.3. The maximum atomic E-state index is 12.4. The molecule has 0 amide bonds. The van der Waals surface area contributed by atoms with Crippen LogP contribution in [0.2, 0.25) is 0 Å². The Bertz CT molecular complexity index is 809. The predicted octanol–water partition coefficient (Wildman–Crippen LogP) is -2.23. The van der Waals surface area contributed by atoms with Gasteiger partial charge in [0, 0.05) is 11.8 Å². The van der Waals surface area contributed by atoms with E-state index < -0.39 is 48.5 Å². The third kappa shape index (κ3) is 2.57. The first-order valence-corrected chi connectivity index (χ1v) is 6.25. The fourth-order valence-electron chi connectivity index (χ4n) is 2.33. The van der Waals surface area contributed by atoms with Crippen LogP contribution in [-0.2, 0) is 4.74 Å². The smallest absolute Gasteiger partial charge is 0.330 e. The number of hydrogen-bond donors (Lipinski definition) is 4. The average Bonchev–Trinajstić information content (AvgIpc) is 2.69. The zero-order valence-corrected chi connectivity index (χ0v) is 11.5. The molecule has 0 aromatic carbocycles. The van der Waals surface area contributed by atoms with Crippen LogP contribution in [0, 0.1) is 18.8 Å². The molecule has 8 nitrogen and oxygen atoms in total. The highest BCUT2D eigenvalue weighted by atomic mass is 19.1. The molecule has 120 valence electrons. The van der Waals surface area contributed by atoms with Crippen molar-refractivity contribution in [3.05, 3.63) is 32.6 Å². The number of aromatic amines is 1. The molecule has 4 atom stereocenters. The van der Waals surface area contributed by atoms with Crippen LogP contribution >= 0.6 is 0 Å². The minimum atomic E-state index is -3.00. The molecule has 1 aliphatic heterocycles. The van der Waals surface area contributed by atoms with Gasteiger partial charge in [-0.05, 0) is 6.92 Å². The summed E-state index contributed by atoms with van der Waals surface area (Å²) in [5.41, 5.74) is 2.36. The highest BCUT2D eigenvalue weighted by Crippen LogP contribution is 2.35. The molecule has 9 heteroatoms. The number of rotatable bonds is 2. The van der Waals surface area contributed by atoms with E-state index in [4.69, 9.17) is 13.2 Å². The molecule has 0 spiro atoms. The number of ether oxygens (including phenoxy) is 1. The van der Waals surface area contributed by atoms with Crippen molar-refractivity contribution in [3.63, 3.8) is 0 Å². The Kier molecular flexibility index (Phi) is 3.74. The average molecular weight is 315 g/mol. The summed E-state index contributed by atoms with van der Waals surface area (Å²) in [5, 5.41) is 19.8. The molecule has 0 bridgehead atoms. The van der Waals surface area contributed by atoms with E-state index in [0.29, 0.717) is 0 Å². The second-order valence-corrected chi connectivity index (χ2v) is 4.80. The van der Waals surface area contributed by atoms with Gasteiger partial charge in [-0.25, -0.2) is 9.18 Å². The van der Waals surface area contributed by atoms with Gasteiger partial charge in [0.05, 0.1) is 9.30 Å². The molecule has 5 N–H and O–H groups in total. The molecule has 1 fully saturated rings. The van der Waals surface area contributed by atoms with Gasteiger partial charge in [0.2, 0.25) is 0 Å². The number of aliphatic hydroxyl groups excluding tert-OH is 1. The van der Waals surface area contributed by atoms with Gasteiger partial charge in [0.15, 0.2) is 11.8 Å². The zero-order valence-electron chi connectivity index (χ0n) is 13.5. The third-order valence-electron chi connectivity index (χ3n) is 3.36. The molecule has 2 heterocycles. The van der Waals surface area contributed by atoms with Crippen LogP contribution in [0.3, 0.4) is 0 Å². The predicted molar refractivity (Wildman–Crippen MR) is 73.7 cm³/mol. The number of H-pyrrole nitrogens is 1. The van der Waals surface area contributed by atoms with E-state index in [1.807, 2.05) is 10.9 Å². The van der Waals surface area contributed by atoms with Gasteiger partial charge in [-0.1, -0.05) is 11.8 Å². The fourth-order valence-corrected chi connectivity index (χ4v) is 2.33. The summed E-state index contributed by atoms with van der Waals surface area (Å²) in [5.74, 6) is 4.24. The molecule has 2 rings (SSSR count). The molecule has 1 saturated heterocycles. The van der Waals surface area contributed by atoms with Crippen LogP contribution in [0.1, 0.15) is 14.7 Å². The van der Waals surface area contributed by atoms with Crippen LogP contribution in [0.5, 0.6) is 0 Å². The maximum Gasteiger partial charge on any atom is 0.330 e. The summed E-state index contributed by atoms with van der Waals surface area (Å²) < 4.78 is 33.2. The van der Waals surface area contributed by atoms with Crippen molar-refractivity contribution in [3.8, 4) is 11.8 Å². The van der Waals surface area contributed by atoms with Gasteiger partial charge >= 0.3 is 5.69 Å². The topological polar surface area (TPSA) is 131 Å². The summed E-state index contributed by atoms with van der Waals surface area (Å²) in [7, 11) is 0. The van der Waals surface area contributed by atoms with Crippen molar-refractivity contribution in [1.82, 2.24) is 9.55 Å². The SMILES string of the molecule is [2H]C([2H])(O)[C@H]1O[C@@H](n2c(C)cc(=O)[nH]c2=O)[C@@](N)(C#CCF)C1O. The fraction of sp³-hybridized carbons (Fsp3) is 0.538. The Morgan fingerprint density at radius 3 is 2.91 bits per heavy atom. The van der Waals surface area contributed by atoms with E-state index >= 15 is 0 Å². The van der Waals surface area contributed by atoms with Crippen molar-refractivity contribution in [2.45, 2.75) is 30.9 Å². The van der Waals surface area contributed by atoms with E-state index in [1.54, 1.807) is 0 Å². The van der Waals surface area contributed by atoms with E-state index in [9.17, 15) is 24.2 Å². The normalized spacial score (nSPS) is 32.9. The molecule has 0 radical (unpaired) electrons. The molecule has 1 aromatic rings. The van der Waals surface area contributed by atoms with Gasteiger partial charge in [-0.15, -0.1) is 0 Å². The number of nitrogens with two attached hydrogens (primary N) is 1. The number of hydrogen-bond acceptors (Lipinski definition) is 6. The van der Waals surface area contributed by atoms with E-state index in [-0.39, 0.29) is 5.69 Å². The van der Waals surface area contributed by atoms with Gasteiger partial charge < -0.3 is 20.7 Å². The molecule has 22 heavy (non-hydrogen) atoms. The first-order chi connectivity index (χ1) is 11.0. The van der Waals surface area contributed by atoms with Crippen molar-refractivity contribution in [2.24, 2.45) is 5.73 Å². The lowest BCUT2D eigenvalue weighted by molar-refractivity contribution is -0.0484. The minimum absolute atomic E-state index is 0.0944. The Morgan fingerprint density at radius 2 is 2.36 bits per heavy atom. The summed E-state index contributed by atoms with van der Waals surface area (Å²) in [6.07, 6.45) is -5.29. The minimum Gasteiger partial charge on any atom is -0.394 e. The van der Waals surface area contributed by atoms with Gasteiger partial charge in [-0.2, -0.15) is 0 Å². The van der Waals surface area contributed by atoms with Crippen molar-refractivity contribution < 1.29 is 22.1 Å². The maximum absolute atomic E-state index is 12.4. The van der Waals surface area contributed by atoms with Gasteiger partial charge in [0.25, 0.3) is 5.56 Å². The molecule has 1 aromatic heterocycles. The molecule has 0 saturated carbocycles. The lowest BCUT2D eigenvalue weighted by Crippen LogP contribution is -2.55. The third-order valence-corrected chi connectivity index (χ3v) is 3.36. The van der Waals surface area contributed by atoms with Gasteiger partial charge in [-0.3, -0.25) is 14.3 Å². The Labute approximate surface area is 127 Å². The largest absolute Gasteiger partial charge is 0.394 e. The van der Waals surface area contributed by atoms with Gasteiger partial charge in [0.1, 0.15) is 18.9 Å². The van der Waals surface area contributed by atoms with E-state index in [2.05, 4.69) is 5.92 Å². The monoisotopic (exact) mass is 315 g/mol. The van der Waals surface area contributed by atoms with E-state index in [1.165, 1.54) is 6.92 Å². The molecule has 1 unspecified atom stereocenters. The quantitative estimate of drug-likeness (QED) is 0.457. The van der Waals surface area contributed by atoms with Crippen molar-refractivity contribution >= 4 is 0 Å². The first-order valence-electron chi connectivity index (χ1n) is 7.25. The van der Waals surface area contributed by atoms with Crippen LogP contribution < -0.4 is 17.0 Å². The number of aryl methyl sites for hydroxylation is 1. The highest BCUT2D eigenvalue weighted by Gasteiger charge is 2.54. The van der Waals surface area contributed by atoms with Crippen LogP contribution in [0.4, 0.5) is 4.39 Å². The second kappa shape index (κ2) is 6.02. The molecule has 1 aliphatic rings. The standard InChI is InChI=1S/C13H16FN3O5/c1-7-5-9(19)16-12(21)17(7)11-13(15,3-2-4-14)10(20)8(6-18)22-11/h5,8,10-11,18,20H,4,6,15H2,1H3,(H,16,19,21)/t8-,10?,11-,13-/m1/s1/i6D2. The number of halogens is 1. The number of nitrogens with zero attached hydrogens (tertiary/aromatic N) is 1. The van der Waals surface area contributed by atoms with Crippen molar-refractivity contribution in [1.29, 1.82) is 0 Å². The lowest BCUT2D eigenvalue weighted by atomic mass is 9.91. The van der Waals surface area contributed by atoms with E-state index in [0.717, 1.165) is 10.6 Å². The molecule has 0 aliphatic carbocycles. The van der Waals surface area contributed by atoms with Crippen molar-refractivity contribution in [2.75, 3.05) is 13.2 Å². The summed E-state index contributed by atoms with van der Waals surface area (Å²) >= 11 is 0. The Morgan fingerprint density at radius 1 is 1.68 bits per heavy atom.